The zero-order valence-electron chi connectivity index (χ0n) is 23.0. The first-order valence-corrected chi connectivity index (χ1v) is 14.1. The fourth-order valence-electron chi connectivity index (χ4n) is 5.76. The SMILES string of the molecule is CCc1nn(CCCOC(=O)c2ccc(C(=O)N3CCN(C)CC3)cc2)c2c1C(=O)NCC1(CCOCC1)C2. The molecule has 210 valence electrons. The van der Waals surface area contributed by atoms with Crippen molar-refractivity contribution in [3.63, 3.8) is 0 Å². The Morgan fingerprint density at radius 2 is 1.77 bits per heavy atom. The molecule has 5 rings (SSSR count). The van der Waals surface area contributed by atoms with Gasteiger partial charge in [0.15, 0.2) is 0 Å². The summed E-state index contributed by atoms with van der Waals surface area (Å²) < 4.78 is 13.1. The highest BCUT2D eigenvalue weighted by Gasteiger charge is 2.39. The molecule has 0 aliphatic carbocycles. The highest BCUT2D eigenvalue weighted by Crippen LogP contribution is 2.37. The summed E-state index contributed by atoms with van der Waals surface area (Å²) in [5, 5.41) is 7.91. The molecule has 10 nitrogen and oxygen atoms in total. The summed E-state index contributed by atoms with van der Waals surface area (Å²) in [6, 6.07) is 6.69. The summed E-state index contributed by atoms with van der Waals surface area (Å²) in [5.74, 6) is -0.468. The largest absolute Gasteiger partial charge is 0.462 e. The van der Waals surface area contributed by atoms with E-state index in [0.29, 0.717) is 68.9 Å². The molecule has 3 aliphatic heterocycles. The number of amides is 2. The molecule has 1 aromatic carbocycles. The molecule has 0 unspecified atom stereocenters. The van der Waals surface area contributed by atoms with Crippen molar-refractivity contribution in [1.82, 2.24) is 24.9 Å². The van der Waals surface area contributed by atoms with E-state index in [-0.39, 0.29) is 23.8 Å². The van der Waals surface area contributed by atoms with E-state index in [1.165, 1.54) is 0 Å². The van der Waals surface area contributed by atoms with Crippen molar-refractivity contribution in [3.8, 4) is 0 Å². The van der Waals surface area contributed by atoms with E-state index in [0.717, 1.165) is 43.7 Å². The number of rotatable bonds is 7. The average Bonchev–Trinajstić information content (AvgIpc) is 3.24. The number of aromatic nitrogens is 2. The monoisotopic (exact) mass is 537 g/mol. The van der Waals surface area contributed by atoms with Crippen molar-refractivity contribution >= 4 is 17.8 Å². The Balaban J connectivity index is 1.17. The zero-order valence-corrected chi connectivity index (χ0v) is 23.0. The summed E-state index contributed by atoms with van der Waals surface area (Å²) in [5.41, 5.74) is 3.50. The molecule has 3 aliphatic rings. The third-order valence-electron chi connectivity index (χ3n) is 8.32. The molecule has 2 saturated heterocycles. The molecule has 39 heavy (non-hydrogen) atoms. The average molecular weight is 538 g/mol. The minimum absolute atomic E-state index is 0.00762. The van der Waals surface area contributed by atoms with E-state index in [9.17, 15) is 14.4 Å². The van der Waals surface area contributed by atoms with Gasteiger partial charge in [-0.25, -0.2) is 4.79 Å². The van der Waals surface area contributed by atoms with Gasteiger partial charge in [0.25, 0.3) is 11.8 Å². The lowest BCUT2D eigenvalue weighted by atomic mass is 9.76. The molecule has 1 spiro atoms. The molecule has 2 aromatic rings. The second-order valence-electron chi connectivity index (χ2n) is 11.0. The van der Waals surface area contributed by atoms with Gasteiger partial charge in [-0.1, -0.05) is 6.92 Å². The van der Waals surface area contributed by atoms with Crippen LogP contribution in [-0.4, -0.2) is 97.0 Å². The van der Waals surface area contributed by atoms with Crippen LogP contribution in [0.1, 0.15) is 68.6 Å². The Morgan fingerprint density at radius 1 is 1.08 bits per heavy atom. The van der Waals surface area contributed by atoms with Gasteiger partial charge in [-0.05, 0) is 62.4 Å². The van der Waals surface area contributed by atoms with Gasteiger partial charge in [0.2, 0.25) is 0 Å². The highest BCUT2D eigenvalue weighted by atomic mass is 16.5. The van der Waals surface area contributed by atoms with Crippen molar-refractivity contribution in [2.24, 2.45) is 5.41 Å². The minimum atomic E-state index is -0.414. The molecular formula is C29H39N5O5. The van der Waals surface area contributed by atoms with Gasteiger partial charge in [0.1, 0.15) is 0 Å². The Kier molecular flexibility index (Phi) is 8.32. The van der Waals surface area contributed by atoms with Gasteiger partial charge in [0.05, 0.1) is 29.1 Å². The second-order valence-corrected chi connectivity index (χ2v) is 11.0. The first kappa shape index (κ1) is 27.3. The number of hydrogen-bond acceptors (Lipinski definition) is 7. The van der Waals surface area contributed by atoms with Gasteiger partial charge in [0, 0.05) is 64.5 Å². The standard InChI is InChI=1S/C29H39N5O5/c1-3-23-25-24(19-29(20-30-26(25)35)9-17-38-18-10-29)34(31-23)11-4-16-39-28(37)22-7-5-21(6-8-22)27(36)33-14-12-32(2)13-15-33/h5-8H,3-4,9-20H2,1-2H3,(H,30,35). The number of ether oxygens (including phenoxy) is 2. The van der Waals surface area contributed by atoms with Crippen molar-refractivity contribution in [2.45, 2.75) is 45.6 Å². The summed E-state index contributed by atoms with van der Waals surface area (Å²) in [7, 11) is 2.05. The number of hydrogen-bond donors (Lipinski definition) is 1. The van der Waals surface area contributed by atoms with Crippen molar-refractivity contribution in [1.29, 1.82) is 0 Å². The van der Waals surface area contributed by atoms with E-state index in [1.807, 2.05) is 16.5 Å². The van der Waals surface area contributed by atoms with Crippen LogP contribution in [-0.2, 0) is 28.9 Å². The van der Waals surface area contributed by atoms with Crippen LogP contribution in [0, 0.1) is 5.41 Å². The van der Waals surface area contributed by atoms with Crippen LogP contribution >= 0.6 is 0 Å². The Morgan fingerprint density at radius 3 is 2.46 bits per heavy atom. The number of fused-ring (bicyclic) bond motifs is 1. The van der Waals surface area contributed by atoms with E-state index in [2.05, 4.69) is 17.3 Å². The lowest BCUT2D eigenvalue weighted by Crippen LogP contribution is -2.47. The molecule has 1 N–H and O–H groups in total. The molecule has 0 bridgehead atoms. The van der Waals surface area contributed by atoms with E-state index in [4.69, 9.17) is 14.6 Å². The summed E-state index contributed by atoms with van der Waals surface area (Å²) >= 11 is 0. The van der Waals surface area contributed by atoms with Gasteiger partial charge < -0.3 is 24.6 Å². The molecule has 2 fully saturated rings. The number of likely N-dealkylation sites (N-methyl/N-ethyl adjacent to an activating group) is 1. The zero-order chi connectivity index (χ0) is 27.4. The van der Waals surface area contributed by atoms with Crippen LogP contribution < -0.4 is 5.32 Å². The third kappa shape index (κ3) is 6.01. The van der Waals surface area contributed by atoms with E-state index in [1.54, 1.807) is 24.3 Å². The van der Waals surface area contributed by atoms with Crippen molar-refractivity contribution in [3.05, 3.63) is 52.3 Å². The van der Waals surface area contributed by atoms with E-state index >= 15 is 0 Å². The number of carbonyl (C=O) groups is 3. The fraction of sp³-hybridized carbons (Fsp3) is 0.586. The predicted octanol–water partition coefficient (Wildman–Crippen LogP) is 2.16. The minimum Gasteiger partial charge on any atom is -0.462 e. The fourth-order valence-corrected chi connectivity index (χ4v) is 5.76. The second kappa shape index (κ2) is 11.9. The molecule has 0 atom stereocenters. The molecule has 1 aromatic heterocycles. The summed E-state index contributed by atoms with van der Waals surface area (Å²) in [6.07, 6.45) is 3.88. The smallest absolute Gasteiger partial charge is 0.338 e. The first-order chi connectivity index (χ1) is 18.9. The normalized spacial score (nSPS) is 19.3. The molecule has 10 heteroatoms. The van der Waals surface area contributed by atoms with Crippen LogP contribution in [0.3, 0.4) is 0 Å². The van der Waals surface area contributed by atoms with Crippen molar-refractivity contribution < 1.29 is 23.9 Å². The predicted molar refractivity (Wildman–Crippen MR) is 145 cm³/mol. The van der Waals surface area contributed by atoms with Crippen LogP contribution in [0.5, 0.6) is 0 Å². The maximum absolute atomic E-state index is 13.0. The number of esters is 1. The van der Waals surface area contributed by atoms with Gasteiger partial charge in [-0.15, -0.1) is 0 Å². The lowest BCUT2D eigenvalue weighted by Gasteiger charge is -2.36. The molecule has 4 heterocycles. The molecular weight excluding hydrogens is 498 g/mol. The van der Waals surface area contributed by atoms with Gasteiger partial charge in [-0.2, -0.15) is 5.10 Å². The maximum Gasteiger partial charge on any atom is 0.338 e. The van der Waals surface area contributed by atoms with Crippen LogP contribution in [0.4, 0.5) is 0 Å². The number of benzene rings is 1. The number of nitrogens with one attached hydrogen (secondary N) is 1. The van der Waals surface area contributed by atoms with Crippen LogP contribution in [0.25, 0.3) is 0 Å². The molecule has 2 amide bonds. The summed E-state index contributed by atoms with van der Waals surface area (Å²) in [4.78, 5) is 42.4. The highest BCUT2D eigenvalue weighted by molar-refractivity contribution is 5.97. The van der Waals surface area contributed by atoms with Gasteiger partial charge in [-0.3, -0.25) is 14.3 Å². The van der Waals surface area contributed by atoms with Crippen LogP contribution in [0.15, 0.2) is 24.3 Å². The first-order valence-electron chi connectivity index (χ1n) is 14.1. The molecule has 0 radical (unpaired) electrons. The van der Waals surface area contributed by atoms with Crippen molar-refractivity contribution in [2.75, 3.05) is 59.6 Å². The van der Waals surface area contributed by atoms with E-state index < -0.39 is 5.97 Å². The summed E-state index contributed by atoms with van der Waals surface area (Å²) in [6.45, 7) is 8.03. The number of piperazine rings is 1. The number of aryl methyl sites for hydroxylation is 2. The topological polar surface area (TPSA) is 106 Å². The third-order valence-corrected chi connectivity index (χ3v) is 8.32. The number of nitrogens with zero attached hydrogens (tertiary/aromatic N) is 4. The molecule has 0 saturated carbocycles. The number of carbonyl (C=O) groups excluding carboxylic acids is 3. The van der Waals surface area contributed by atoms with Crippen LogP contribution in [0.2, 0.25) is 0 Å². The Hall–Kier alpha value is -3.24. The quantitative estimate of drug-likeness (QED) is 0.426. The lowest BCUT2D eigenvalue weighted by molar-refractivity contribution is 0.0152. The Labute approximate surface area is 229 Å². The van der Waals surface area contributed by atoms with Gasteiger partial charge >= 0.3 is 5.97 Å². The maximum atomic E-state index is 13.0. The Bertz CT molecular complexity index is 1190.